The van der Waals surface area contributed by atoms with Crippen LogP contribution >= 0.6 is 11.8 Å². The van der Waals surface area contributed by atoms with Gasteiger partial charge in [0, 0.05) is 29.4 Å². The Morgan fingerprint density at radius 3 is 2.85 bits per heavy atom. The number of amides is 1. The summed E-state index contributed by atoms with van der Waals surface area (Å²) in [5, 5.41) is 3.01. The highest BCUT2D eigenvalue weighted by Crippen LogP contribution is 2.34. The van der Waals surface area contributed by atoms with Crippen LogP contribution in [0.3, 0.4) is 0 Å². The molecule has 2 aromatic carbocycles. The van der Waals surface area contributed by atoms with Gasteiger partial charge in [-0.1, -0.05) is 6.07 Å². The minimum absolute atomic E-state index is 0.00844. The molecule has 136 valence electrons. The van der Waals surface area contributed by atoms with Crippen LogP contribution in [0.25, 0.3) is 0 Å². The van der Waals surface area contributed by atoms with E-state index in [1.165, 1.54) is 23.0 Å². The maximum absolute atomic E-state index is 12.3. The monoisotopic (exact) mass is 370 g/mol. The number of anilines is 2. The average molecular weight is 370 g/mol. The number of benzene rings is 2. The van der Waals surface area contributed by atoms with E-state index < -0.39 is 0 Å². The van der Waals surface area contributed by atoms with Crippen LogP contribution in [0.1, 0.15) is 12.5 Å². The lowest BCUT2D eigenvalue weighted by Gasteiger charge is -2.18. The lowest BCUT2D eigenvalue weighted by Crippen LogP contribution is -2.19. The Labute approximate surface area is 157 Å². The number of fused-ring (bicyclic) bond motifs is 2. The molecule has 0 radical (unpaired) electrons. The van der Waals surface area contributed by atoms with E-state index in [0.29, 0.717) is 19.0 Å². The molecule has 0 spiro atoms. The molecule has 0 atom stereocenters. The summed E-state index contributed by atoms with van der Waals surface area (Å²) in [6.07, 6.45) is 1.08. The maximum Gasteiger partial charge on any atom is 0.234 e. The molecule has 0 fully saturated rings. The van der Waals surface area contributed by atoms with Gasteiger partial charge in [-0.15, -0.1) is 11.8 Å². The number of nitrogens with one attached hydrogen (secondary N) is 1. The number of hydrogen-bond acceptors (Lipinski definition) is 5. The van der Waals surface area contributed by atoms with Gasteiger partial charge >= 0.3 is 0 Å². The van der Waals surface area contributed by atoms with Gasteiger partial charge < -0.3 is 19.7 Å². The van der Waals surface area contributed by atoms with Crippen molar-refractivity contribution in [3.8, 4) is 11.5 Å². The van der Waals surface area contributed by atoms with Crippen molar-refractivity contribution in [1.29, 1.82) is 0 Å². The van der Waals surface area contributed by atoms with Crippen LogP contribution in [0, 0.1) is 0 Å². The van der Waals surface area contributed by atoms with E-state index >= 15 is 0 Å². The smallest absolute Gasteiger partial charge is 0.234 e. The molecule has 0 saturated carbocycles. The number of nitrogens with zero attached hydrogens (tertiary/aromatic N) is 1. The van der Waals surface area contributed by atoms with Gasteiger partial charge in [0.15, 0.2) is 11.5 Å². The summed E-state index contributed by atoms with van der Waals surface area (Å²) in [7, 11) is 0. The second-order valence-electron chi connectivity index (χ2n) is 6.32. The molecule has 0 aliphatic carbocycles. The summed E-state index contributed by atoms with van der Waals surface area (Å²) in [4.78, 5) is 15.7. The molecule has 1 amide bonds. The van der Waals surface area contributed by atoms with Crippen LogP contribution in [0.5, 0.6) is 11.5 Å². The standard InChI is InChI=1S/C20H22N2O3S/c1-2-22-8-7-14-3-4-15(11-17(14)22)21-20(23)13-26-16-5-6-18-19(12-16)25-10-9-24-18/h3-6,11-12H,2,7-10,13H2,1H3,(H,21,23). The summed E-state index contributed by atoms with van der Waals surface area (Å²) in [6.45, 7) is 5.35. The minimum atomic E-state index is -0.00844. The minimum Gasteiger partial charge on any atom is -0.486 e. The fraction of sp³-hybridized carbons (Fsp3) is 0.350. The third-order valence-corrected chi connectivity index (χ3v) is 5.62. The van der Waals surface area contributed by atoms with Crippen LogP contribution in [-0.4, -0.2) is 38.0 Å². The lowest BCUT2D eigenvalue weighted by molar-refractivity contribution is -0.113. The van der Waals surface area contributed by atoms with Crippen molar-refractivity contribution in [1.82, 2.24) is 0 Å². The van der Waals surface area contributed by atoms with E-state index in [0.717, 1.165) is 41.6 Å². The fourth-order valence-corrected chi connectivity index (χ4v) is 4.04. The molecule has 6 heteroatoms. The topological polar surface area (TPSA) is 50.8 Å². The zero-order chi connectivity index (χ0) is 17.9. The Kier molecular flexibility index (Phi) is 4.93. The molecule has 5 nitrogen and oxygen atoms in total. The van der Waals surface area contributed by atoms with Gasteiger partial charge in [0.05, 0.1) is 5.75 Å². The zero-order valence-electron chi connectivity index (χ0n) is 14.8. The number of carbonyl (C=O) groups excluding carboxylic acids is 1. The van der Waals surface area contributed by atoms with E-state index in [1.54, 1.807) is 0 Å². The van der Waals surface area contributed by atoms with E-state index in [9.17, 15) is 4.79 Å². The molecular weight excluding hydrogens is 348 g/mol. The predicted molar refractivity (Wildman–Crippen MR) is 105 cm³/mol. The Balaban J connectivity index is 1.36. The third kappa shape index (κ3) is 3.60. The van der Waals surface area contributed by atoms with Gasteiger partial charge in [0.25, 0.3) is 0 Å². The molecule has 0 aromatic heterocycles. The Bertz CT molecular complexity index is 825. The maximum atomic E-state index is 12.3. The van der Waals surface area contributed by atoms with E-state index in [2.05, 4.69) is 29.3 Å². The molecule has 2 aliphatic rings. The molecule has 26 heavy (non-hydrogen) atoms. The Morgan fingerprint density at radius 1 is 1.15 bits per heavy atom. The second kappa shape index (κ2) is 7.50. The van der Waals surface area contributed by atoms with Crippen LogP contribution in [-0.2, 0) is 11.2 Å². The van der Waals surface area contributed by atoms with E-state index in [4.69, 9.17) is 9.47 Å². The van der Waals surface area contributed by atoms with Gasteiger partial charge in [0.1, 0.15) is 13.2 Å². The first kappa shape index (κ1) is 17.1. The summed E-state index contributed by atoms with van der Waals surface area (Å²) in [5.74, 6) is 1.86. The van der Waals surface area contributed by atoms with Crippen LogP contribution in [0.2, 0.25) is 0 Å². The van der Waals surface area contributed by atoms with Gasteiger partial charge in [-0.25, -0.2) is 0 Å². The molecule has 0 bridgehead atoms. The highest BCUT2D eigenvalue weighted by molar-refractivity contribution is 8.00. The van der Waals surface area contributed by atoms with Crippen LogP contribution in [0.15, 0.2) is 41.3 Å². The average Bonchev–Trinajstić information content (AvgIpc) is 3.08. The van der Waals surface area contributed by atoms with E-state index in [-0.39, 0.29) is 5.91 Å². The molecule has 4 rings (SSSR count). The molecular formula is C20H22N2O3S. The molecule has 2 aliphatic heterocycles. The number of hydrogen-bond donors (Lipinski definition) is 1. The highest BCUT2D eigenvalue weighted by atomic mass is 32.2. The van der Waals surface area contributed by atoms with Gasteiger partial charge in [-0.3, -0.25) is 4.79 Å². The van der Waals surface area contributed by atoms with Crippen molar-refractivity contribution in [2.24, 2.45) is 0 Å². The Morgan fingerprint density at radius 2 is 2.00 bits per heavy atom. The zero-order valence-corrected chi connectivity index (χ0v) is 15.6. The van der Waals surface area contributed by atoms with Crippen molar-refractivity contribution in [2.45, 2.75) is 18.2 Å². The van der Waals surface area contributed by atoms with Crippen LogP contribution < -0.4 is 19.7 Å². The Hall–Kier alpha value is -2.34. The number of carbonyl (C=O) groups is 1. The fourth-order valence-electron chi connectivity index (χ4n) is 3.31. The largest absolute Gasteiger partial charge is 0.486 e. The number of thioether (sulfide) groups is 1. The van der Waals surface area contributed by atoms with Crippen LogP contribution in [0.4, 0.5) is 11.4 Å². The van der Waals surface area contributed by atoms with Gasteiger partial charge in [-0.2, -0.15) is 0 Å². The third-order valence-electron chi connectivity index (χ3n) is 4.63. The van der Waals surface area contributed by atoms with Gasteiger partial charge in [-0.05, 0) is 49.2 Å². The highest BCUT2D eigenvalue weighted by Gasteiger charge is 2.18. The first-order valence-electron chi connectivity index (χ1n) is 8.93. The van der Waals surface area contributed by atoms with Crippen molar-refractivity contribution < 1.29 is 14.3 Å². The van der Waals surface area contributed by atoms with Crippen molar-refractivity contribution in [3.05, 3.63) is 42.0 Å². The quantitative estimate of drug-likeness (QED) is 0.816. The van der Waals surface area contributed by atoms with Crippen molar-refractivity contribution in [3.63, 3.8) is 0 Å². The predicted octanol–water partition coefficient (Wildman–Crippen LogP) is 3.57. The number of rotatable bonds is 5. The molecule has 0 saturated heterocycles. The normalized spacial score (nSPS) is 14.9. The summed E-state index contributed by atoms with van der Waals surface area (Å²) < 4.78 is 11.1. The van der Waals surface area contributed by atoms with E-state index in [1.807, 2.05) is 24.3 Å². The first-order valence-corrected chi connectivity index (χ1v) is 9.91. The summed E-state index contributed by atoms with van der Waals surface area (Å²) >= 11 is 1.49. The summed E-state index contributed by atoms with van der Waals surface area (Å²) in [5.41, 5.74) is 3.46. The lowest BCUT2D eigenvalue weighted by atomic mass is 10.1. The van der Waals surface area contributed by atoms with Gasteiger partial charge in [0.2, 0.25) is 5.91 Å². The molecule has 0 unspecified atom stereocenters. The van der Waals surface area contributed by atoms with Crippen molar-refractivity contribution >= 4 is 29.0 Å². The molecule has 2 heterocycles. The first-order chi connectivity index (χ1) is 12.7. The SMILES string of the molecule is CCN1CCc2ccc(NC(=O)CSc3ccc4c(c3)OCCO4)cc21. The second-order valence-corrected chi connectivity index (χ2v) is 7.36. The molecule has 1 N–H and O–H groups in total. The van der Waals surface area contributed by atoms with Crippen molar-refractivity contribution in [2.75, 3.05) is 42.3 Å². The number of ether oxygens (including phenoxy) is 2. The molecule has 2 aromatic rings. The number of likely N-dealkylation sites (N-methyl/N-ethyl adjacent to an activating group) is 1. The summed E-state index contributed by atoms with van der Waals surface area (Å²) in [6, 6.07) is 12.0.